The van der Waals surface area contributed by atoms with Crippen LogP contribution in [0.3, 0.4) is 0 Å². The van der Waals surface area contributed by atoms with Gasteiger partial charge in [-0.25, -0.2) is 0 Å². The Labute approximate surface area is 100 Å². The fourth-order valence-corrected chi connectivity index (χ4v) is 1.42. The van der Waals surface area contributed by atoms with Crippen molar-refractivity contribution in [3.8, 4) is 11.5 Å². The predicted molar refractivity (Wildman–Crippen MR) is 62.8 cm³/mol. The molecule has 0 saturated carbocycles. The van der Waals surface area contributed by atoms with Crippen LogP contribution >= 0.6 is 0 Å². The van der Waals surface area contributed by atoms with Gasteiger partial charge in [0.2, 0.25) is 0 Å². The quantitative estimate of drug-likeness (QED) is 0.770. The zero-order chi connectivity index (χ0) is 12.8. The number of carbonyl (C=O) groups excluding carboxylic acids is 1. The second-order valence-electron chi connectivity index (χ2n) is 3.55. The van der Waals surface area contributed by atoms with E-state index in [4.69, 9.17) is 15.2 Å². The lowest BCUT2D eigenvalue weighted by molar-refractivity contribution is -0.124. The Morgan fingerprint density at radius 1 is 1.53 bits per heavy atom. The second-order valence-corrected chi connectivity index (χ2v) is 3.55. The van der Waals surface area contributed by atoms with Gasteiger partial charge < -0.3 is 20.3 Å². The average Bonchev–Trinajstić information content (AvgIpc) is 2.35. The highest BCUT2D eigenvalue weighted by Crippen LogP contribution is 2.25. The Hall–Kier alpha value is -1.75. The molecule has 0 radical (unpaired) electrons. The number of rotatable bonds is 6. The van der Waals surface area contributed by atoms with E-state index in [1.807, 2.05) is 0 Å². The summed E-state index contributed by atoms with van der Waals surface area (Å²) in [6.07, 6.45) is -0.208. The number of benzene rings is 1. The fourth-order valence-electron chi connectivity index (χ4n) is 1.42. The van der Waals surface area contributed by atoms with Crippen LogP contribution in [0.25, 0.3) is 0 Å². The van der Waals surface area contributed by atoms with Crippen LogP contribution in [0.15, 0.2) is 18.2 Å². The Balaban J connectivity index is 2.93. The smallest absolute Gasteiger partial charge is 0.258 e. The molecule has 94 valence electrons. The molecule has 0 aliphatic carbocycles. The number of carbonyl (C=O) groups is 1. The summed E-state index contributed by atoms with van der Waals surface area (Å²) in [5.74, 6) is 0.541. The number of primary amides is 1. The van der Waals surface area contributed by atoms with Gasteiger partial charge in [-0.2, -0.15) is 0 Å². The summed E-state index contributed by atoms with van der Waals surface area (Å²) in [4.78, 5) is 11.1. The van der Waals surface area contributed by atoms with E-state index in [0.717, 1.165) is 0 Å². The first-order valence-electron chi connectivity index (χ1n) is 5.36. The number of ether oxygens (including phenoxy) is 2. The molecule has 0 aliphatic rings. The maximum Gasteiger partial charge on any atom is 0.258 e. The molecule has 0 saturated heterocycles. The Morgan fingerprint density at radius 3 is 2.71 bits per heavy atom. The molecule has 1 rings (SSSR count). The summed E-state index contributed by atoms with van der Waals surface area (Å²) in [7, 11) is 1.54. The lowest BCUT2D eigenvalue weighted by Gasteiger charge is -2.16. The van der Waals surface area contributed by atoms with Crippen LogP contribution in [0, 0.1) is 0 Å². The SMILES string of the molecule is CCC(Oc1ccc(OC)cc1CO)C(N)=O. The number of nitrogens with two attached hydrogens (primary N) is 1. The highest BCUT2D eigenvalue weighted by molar-refractivity contribution is 5.79. The van der Waals surface area contributed by atoms with Gasteiger partial charge in [-0.15, -0.1) is 0 Å². The molecule has 3 N–H and O–H groups in total. The largest absolute Gasteiger partial charge is 0.497 e. The highest BCUT2D eigenvalue weighted by Gasteiger charge is 2.16. The predicted octanol–water partition coefficient (Wildman–Crippen LogP) is 0.830. The molecule has 0 aromatic heterocycles. The lowest BCUT2D eigenvalue weighted by Crippen LogP contribution is -2.33. The van der Waals surface area contributed by atoms with E-state index >= 15 is 0 Å². The highest BCUT2D eigenvalue weighted by atomic mass is 16.5. The number of aliphatic hydroxyl groups excluding tert-OH is 1. The number of hydrogen-bond donors (Lipinski definition) is 2. The van der Waals surface area contributed by atoms with Crippen molar-refractivity contribution in [2.24, 2.45) is 5.73 Å². The van der Waals surface area contributed by atoms with Crippen LogP contribution in [-0.2, 0) is 11.4 Å². The molecule has 0 fully saturated rings. The molecule has 1 amide bonds. The molecule has 5 nitrogen and oxygen atoms in total. The molecule has 1 atom stereocenters. The van der Waals surface area contributed by atoms with Crippen molar-refractivity contribution in [2.45, 2.75) is 26.1 Å². The molecule has 0 heterocycles. The molecule has 1 aromatic rings. The molecule has 5 heteroatoms. The molecule has 0 bridgehead atoms. The van der Waals surface area contributed by atoms with Crippen LogP contribution in [0.4, 0.5) is 0 Å². The van der Waals surface area contributed by atoms with E-state index in [1.54, 1.807) is 25.1 Å². The fraction of sp³-hybridized carbons (Fsp3) is 0.417. The number of amides is 1. The molecular weight excluding hydrogens is 222 g/mol. The topological polar surface area (TPSA) is 81.8 Å². The van der Waals surface area contributed by atoms with E-state index < -0.39 is 12.0 Å². The summed E-state index contributed by atoms with van der Waals surface area (Å²) in [5.41, 5.74) is 5.75. The van der Waals surface area contributed by atoms with Gasteiger partial charge in [0, 0.05) is 5.56 Å². The van der Waals surface area contributed by atoms with Gasteiger partial charge in [-0.1, -0.05) is 6.92 Å². The molecule has 17 heavy (non-hydrogen) atoms. The van der Waals surface area contributed by atoms with Crippen molar-refractivity contribution < 1.29 is 19.4 Å². The first-order valence-corrected chi connectivity index (χ1v) is 5.36. The maximum absolute atomic E-state index is 11.1. The Bertz CT molecular complexity index is 392. The first kappa shape index (κ1) is 13.3. The normalized spacial score (nSPS) is 11.9. The Morgan fingerprint density at radius 2 is 2.24 bits per heavy atom. The molecule has 0 aliphatic heterocycles. The van der Waals surface area contributed by atoms with E-state index in [-0.39, 0.29) is 6.61 Å². The molecule has 1 aromatic carbocycles. The van der Waals surface area contributed by atoms with Crippen molar-refractivity contribution in [3.63, 3.8) is 0 Å². The van der Waals surface area contributed by atoms with Crippen LogP contribution in [0.1, 0.15) is 18.9 Å². The van der Waals surface area contributed by atoms with Crippen molar-refractivity contribution in [3.05, 3.63) is 23.8 Å². The minimum Gasteiger partial charge on any atom is -0.497 e. The van der Waals surface area contributed by atoms with Crippen LogP contribution in [-0.4, -0.2) is 24.2 Å². The van der Waals surface area contributed by atoms with Crippen molar-refractivity contribution in [1.82, 2.24) is 0 Å². The van der Waals surface area contributed by atoms with Gasteiger partial charge in [-0.05, 0) is 24.6 Å². The van der Waals surface area contributed by atoms with E-state index in [9.17, 15) is 9.90 Å². The summed E-state index contributed by atoms with van der Waals surface area (Å²) in [6, 6.07) is 5.00. The second kappa shape index (κ2) is 6.10. The maximum atomic E-state index is 11.1. The van der Waals surface area contributed by atoms with Crippen LogP contribution < -0.4 is 15.2 Å². The van der Waals surface area contributed by atoms with Crippen LogP contribution in [0.2, 0.25) is 0 Å². The average molecular weight is 239 g/mol. The zero-order valence-corrected chi connectivity index (χ0v) is 9.97. The lowest BCUT2D eigenvalue weighted by atomic mass is 10.2. The van der Waals surface area contributed by atoms with Gasteiger partial charge in [0.25, 0.3) is 5.91 Å². The van der Waals surface area contributed by atoms with Crippen LogP contribution in [0.5, 0.6) is 11.5 Å². The van der Waals surface area contributed by atoms with Crippen molar-refractivity contribution in [2.75, 3.05) is 7.11 Å². The molecule has 1 unspecified atom stereocenters. The number of aliphatic hydroxyl groups is 1. The molecular formula is C12H17NO4. The Kier molecular flexibility index (Phi) is 4.78. The first-order chi connectivity index (χ1) is 8.12. The standard InChI is InChI=1S/C12H17NO4/c1-3-10(12(13)15)17-11-5-4-9(16-2)6-8(11)7-14/h4-6,10,14H,3,7H2,1-2H3,(H2,13,15). The van der Waals surface area contributed by atoms with E-state index in [1.165, 1.54) is 7.11 Å². The number of hydrogen-bond acceptors (Lipinski definition) is 4. The van der Waals surface area contributed by atoms with E-state index in [2.05, 4.69) is 0 Å². The summed E-state index contributed by atoms with van der Waals surface area (Å²) >= 11 is 0. The van der Waals surface area contributed by atoms with Gasteiger partial charge >= 0.3 is 0 Å². The number of methoxy groups -OCH3 is 1. The van der Waals surface area contributed by atoms with E-state index in [0.29, 0.717) is 23.5 Å². The monoisotopic (exact) mass is 239 g/mol. The van der Waals surface area contributed by atoms with Crippen molar-refractivity contribution in [1.29, 1.82) is 0 Å². The third-order valence-electron chi connectivity index (χ3n) is 2.40. The third kappa shape index (κ3) is 3.35. The summed E-state index contributed by atoms with van der Waals surface area (Å²) in [5, 5.41) is 9.21. The van der Waals surface area contributed by atoms with Gasteiger partial charge in [0.1, 0.15) is 11.5 Å². The van der Waals surface area contributed by atoms with Gasteiger partial charge in [0.15, 0.2) is 6.10 Å². The van der Waals surface area contributed by atoms with Crippen molar-refractivity contribution >= 4 is 5.91 Å². The summed E-state index contributed by atoms with van der Waals surface area (Å²) in [6.45, 7) is 1.61. The zero-order valence-electron chi connectivity index (χ0n) is 9.97. The molecule has 0 spiro atoms. The minimum atomic E-state index is -0.686. The third-order valence-corrected chi connectivity index (χ3v) is 2.40. The summed E-state index contributed by atoms with van der Waals surface area (Å²) < 4.78 is 10.5. The van der Waals surface area contributed by atoms with Gasteiger partial charge in [-0.3, -0.25) is 4.79 Å². The minimum absolute atomic E-state index is 0.193. The van der Waals surface area contributed by atoms with Gasteiger partial charge in [0.05, 0.1) is 13.7 Å².